The summed E-state index contributed by atoms with van der Waals surface area (Å²) in [6, 6.07) is 0. The van der Waals surface area contributed by atoms with Crippen molar-refractivity contribution in [3.05, 3.63) is 0 Å². The van der Waals surface area contributed by atoms with Gasteiger partial charge in [-0.05, 0) is 60.0 Å². The Hall–Kier alpha value is 2.20. The van der Waals surface area contributed by atoms with Crippen molar-refractivity contribution in [3.8, 4) is 0 Å². The monoisotopic (exact) mass is 367 g/mol. The number of halogens is 1. The van der Waals surface area contributed by atoms with Crippen molar-refractivity contribution in [1.29, 1.82) is 0 Å². The van der Waals surface area contributed by atoms with Crippen LogP contribution in [0.4, 0.5) is 0 Å². The predicted octanol–water partition coefficient (Wildman–Crippen LogP) is 4.49. The van der Waals surface area contributed by atoms with Crippen LogP contribution in [0.5, 0.6) is 0 Å². The van der Waals surface area contributed by atoms with E-state index in [-0.39, 0.29) is 31.9 Å². The van der Waals surface area contributed by atoms with Crippen LogP contribution in [0.25, 0.3) is 0 Å². The molecule has 0 bridgehead atoms. The minimum absolute atomic E-state index is 0. The number of rotatable bonds is 0. The summed E-state index contributed by atoms with van der Waals surface area (Å²) in [5.41, 5.74) is 0. The van der Waals surface area contributed by atoms with Gasteiger partial charge < -0.3 is 0 Å². The summed E-state index contributed by atoms with van der Waals surface area (Å²) in [5.74, 6) is 0. The third-order valence-electron chi connectivity index (χ3n) is 0. The van der Waals surface area contributed by atoms with Gasteiger partial charge in [-0.25, -0.2) is 0 Å². The molecule has 0 saturated carbocycles. The fourth-order valence-electron chi connectivity index (χ4n) is 0. The van der Waals surface area contributed by atoms with Gasteiger partial charge in [-0.2, -0.15) is 0 Å². The van der Waals surface area contributed by atoms with Crippen LogP contribution in [-0.4, -0.2) is 60.0 Å². The Morgan fingerprint density at radius 3 is 0.429 bits per heavy atom. The van der Waals surface area contributed by atoms with E-state index in [4.69, 9.17) is 0 Å². The van der Waals surface area contributed by atoms with E-state index < -0.39 is 0 Å². The average molecular weight is 368 g/mol. The Bertz CT molecular complexity index is 48.5. The molecule has 5 heteroatoms. The van der Waals surface area contributed by atoms with E-state index in [1.165, 1.54) is 0 Å². The van der Waals surface area contributed by atoms with Crippen LogP contribution in [-0.2, 0) is 19.5 Å². The zero-order valence-corrected chi connectivity index (χ0v) is 16.2. The number of hydrogen-bond donors (Lipinski definition) is 0. The molecule has 0 aliphatic carbocycles. The fraction of sp³-hybridized carbons (Fsp3) is 1.00. The molecule has 0 atom stereocenters. The molecule has 0 N–H and O–H groups in total. The van der Waals surface area contributed by atoms with Crippen molar-refractivity contribution >= 4 is 36.2 Å². The summed E-state index contributed by atoms with van der Waals surface area (Å²) in [7, 11) is 1.14. The molecule has 0 heterocycles. The molecule has 1 radical (unpaired) electrons. The van der Waals surface area contributed by atoms with E-state index in [1.807, 2.05) is 0 Å². The minimum Gasteiger partial charge on any atom is -0.147 e. The molecule has 0 unspecified atom stereocenters. The largest absolute Gasteiger partial charge is 0.147 e. The van der Waals surface area contributed by atoms with Gasteiger partial charge in [-0.3, -0.25) is 0 Å². The van der Waals surface area contributed by atoms with Crippen molar-refractivity contribution in [1.82, 2.24) is 0 Å². The zero-order chi connectivity index (χ0) is 10.7. The normalized spacial score (nSPS) is 7.71. The first-order chi connectivity index (χ1) is 5.20. The first-order valence-electron chi connectivity index (χ1n) is 4.02. The molecule has 0 aliphatic rings. The Kier molecular flexibility index (Phi) is 52.1. The second kappa shape index (κ2) is 24.4. The van der Waals surface area contributed by atoms with E-state index in [0.29, 0.717) is 23.8 Å². The molecule has 0 aromatic rings. The standard InChI is InChI=1S/3C3H9P.ClH.Rh/c3*1-4(2)3;;/h3*1-3H3;1H;. The fourth-order valence-corrected chi connectivity index (χ4v) is 0. The third-order valence-corrected chi connectivity index (χ3v) is 0. The SMILES string of the molecule is CP(C)C.CP(C)C.CP(C)C.Cl.[Rh]. The van der Waals surface area contributed by atoms with Gasteiger partial charge in [0.2, 0.25) is 0 Å². The summed E-state index contributed by atoms with van der Waals surface area (Å²) in [6.07, 6.45) is 0. The maximum Gasteiger partial charge on any atom is 0 e. The first kappa shape index (κ1) is 29.8. The second-order valence-corrected chi connectivity index (χ2v) is 12.1. The smallest absolute Gasteiger partial charge is 0 e. The summed E-state index contributed by atoms with van der Waals surface area (Å²) in [5, 5.41) is 0. The van der Waals surface area contributed by atoms with Gasteiger partial charge in [-0.15, -0.1) is 36.2 Å². The zero-order valence-electron chi connectivity index (χ0n) is 11.1. The summed E-state index contributed by atoms with van der Waals surface area (Å²) in [6.45, 7) is 20.1. The maximum atomic E-state index is 2.23. The Labute approximate surface area is 115 Å². The molecule has 0 amide bonds. The number of hydrogen-bond acceptors (Lipinski definition) is 0. The molecule has 0 aromatic carbocycles. The molecule has 0 rings (SSSR count). The summed E-state index contributed by atoms with van der Waals surface area (Å²) >= 11 is 0. The van der Waals surface area contributed by atoms with Crippen LogP contribution in [0.2, 0.25) is 0 Å². The van der Waals surface area contributed by atoms with Crippen molar-refractivity contribution in [2.45, 2.75) is 0 Å². The van der Waals surface area contributed by atoms with Crippen LogP contribution < -0.4 is 0 Å². The Balaban J connectivity index is -0.0000000270. The van der Waals surface area contributed by atoms with Gasteiger partial charge in [-0.1, -0.05) is 0 Å². The molecular weight excluding hydrogens is 339 g/mol. The molecule has 0 aliphatic heterocycles. The molecule has 95 valence electrons. The van der Waals surface area contributed by atoms with Crippen molar-refractivity contribution in [2.24, 2.45) is 0 Å². The van der Waals surface area contributed by atoms with Gasteiger partial charge >= 0.3 is 0 Å². The van der Waals surface area contributed by atoms with E-state index >= 15 is 0 Å². The van der Waals surface area contributed by atoms with Gasteiger partial charge in [0, 0.05) is 19.5 Å². The Morgan fingerprint density at radius 1 is 0.429 bits per heavy atom. The van der Waals surface area contributed by atoms with Gasteiger partial charge in [0.15, 0.2) is 0 Å². The topological polar surface area (TPSA) is 0 Å². The first-order valence-corrected chi connectivity index (χ1v) is 12.1. The minimum atomic E-state index is 0. The quantitative estimate of drug-likeness (QED) is 0.437. The van der Waals surface area contributed by atoms with E-state index in [0.717, 1.165) is 0 Å². The maximum absolute atomic E-state index is 2.23. The Morgan fingerprint density at radius 2 is 0.429 bits per heavy atom. The summed E-state index contributed by atoms with van der Waals surface area (Å²) in [4.78, 5) is 0. The summed E-state index contributed by atoms with van der Waals surface area (Å²) < 4.78 is 0. The van der Waals surface area contributed by atoms with Gasteiger partial charge in [0.05, 0.1) is 0 Å². The molecule has 0 spiro atoms. The van der Waals surface area contributed by atoms with E-state index in [9.17, 15) is 0 Å². The van der Waals surface area contributed by atoms with Crippen LogP contribution in [0.15, 0.2) is 0 Å². The van der Waals surface area contributed by atoms with E-state index in [2.05, 4.69) is 60.0 Å². The van der Waals surface area contributed by atoms with Crippen LogP contribution >= 0.6 is 36.2 Å². The predicted molar refractivity (Wildman–Crippen MR) is 81.3 cm³/mol. The van der Waals surface area contributed by atoms with Crippen molar-refractivity contribution in [3.63, 3.8) is 0 Å². The third kappa shape index (κ3) is 510. The van der Waals surface area contributed by atoms with Crippen LogP contribution in [0, 0.1) is 0 Å². The van der Waals surface area contributed by atoms with Gasteiger partial charge in [0.25, 0.3) is 0 Å². The van der Waals surface area contributed by atoms with E-state index in [1.54, 1.807) is 0 Å². The van der Waals surface area contributed by atoms with Gasteiger partial charge in [0.1, 0.15) is 0 Å². The molecule has 14 heavy (non-hydrogen) atoms. The molecule has 0 saturated heterocycles. The molecule has 0 fully saturated rings. The molecule has 0 nitrogen and oxygen atoms in total. The molecular formula is C9H28ClP3Rh. The van der Waals surface area contributed by atoms with Crippen molar-refractivity contribution in [2.75, 3.05) is 60.0 Å². The van der Waals surface area contributed by atoms with Crippen LogP contribution in [0.3, 0.4) is 0 Å². The second-order valence-electron chi connectivity index (χ2n) is 4.02. The van der Waals surface area contributed by atoms with Crippen LogP contribution in [0.1, 0.15) is 0 Å². The van der Waals surface area contributed by atoms with Crippen molar-refractivity contribution < 1.29 is 19.5 Å². The average Bonchev–Trinajstić information content (AvgIpc) is 1.54. The molecule has 0 aromatic heterocycles.